The summed E-state index contributed by atoms with van der Waals surface area (Å²) in [5.41, 5.74) is 2.36. The van der Waals surface area contributed by atoms with Crippen LogP contribution >= 0.6 is 0 Å². The third-order valence-corrected chi connectivity index (χ3v) is 4.52. The second kappa shape index (κ2) is 5.11. The molecule has 4 nitrogen and oxygen atoms in total. The van der Waals surface area contributed by atoms with Crippen LogP contribution in [0.15, 0.2) is 24.3 Å². The smallest absolute Gasteiger partial charge is 0.133 e. The van der Waals surface area contributed by atoms with Crippen LogP contribution in [0, 0.1) is 0 Å². The highest BCUT2D eigenvalue weighted by Gasteiger charge is 2.25. The van der Waals surface area contributed by atoms with Crippen molar-refractivity contribution in [2.24, 2.45) is 0 Å². The van der Waals surface area contributed by atoms with Gasteiger partial charge in [-0.15, -0.1) is 0 Å². The van der Waals surface area contributed by atoms with Gasteiger partial charge in [0.15, 0.2) is 0 Å². The molecule has 1 aromatic heterocycles. The normalized spacial score (nSPS) is 26.4. The van der Waals surface area contributed by atoms with Crippen molar-refractivity contribution >= 4 is 10.9 Å². The topological polar surface area (TPSA) is 49.8 Å². The molecule has 1 aromatic carbocycles. The van der Waals surface area contributed by atoms with Gasteiger partial charge in [-0.3, -0.25) is 0 Å². The van der Waals surface area contributed by atoms with Crippen molar-refractivity contribution in [3.8, 4) is 0 Å². The molecule has 0 bridgehead atoms. The van der Waals surface area contributed by atoms with E-state index in [1.54, 1.807) is 0 Å². The summed E-state index contributed by atoms with van der Waals surface area (Å²) in [6, 6.07) is 8.45. The Balaban J connectivity index is 1.85. The Morgan fingerprint density at radius 2 is 1.65 bits per heavy atom. The van der Waals surface area contributed by atoms with Crippen molar-refractivity contribution in [3.05, 3.63) is 35.8 Å². The van der Waals surface area contributed by atoms with E-state index in [1.807, 2.05) is 0 Å². The van der Waals surface area contributed by atoms with Crippen LogP contribution in [-0.4, -0.2) is 36.1 Å². The van der Waals surface area contributed by atoms with Crippen molar-refractivity contribution in [3.63, 3.8) is 0 Å². The molecule has 0 aliphatic carbocycles. The first-order chi connectivity index (χ1) is 9.92. The molecule has 2 unspecified atom stereocenters. The summed E-state index contributed by atoms with van der Waals surface area (Å²) in [6.45, 7) is 4.24. The number of nitrogens with zero attached hydrogens (tertiary/aromatic N) is 2. The van der Waals surface area contributed by atoms with Gasteiger partial charge in [-0.25, -0.2) is 9.97 Å². The zero-order chi connectivity index (χ0) is 13.4. The molecule has 104 valence electrons. The Bertz CT molecular complexity index is 613. The maximum absolute atomic E-state index is 4.97. The van der Waals surface area contributed by atoms with Gasteiger partial charge in [0.25, 0.3) is 0 Å². The largest absolute Gasteiger partial charge is 0.316 e. The molecule has 4 heteroatoms. The Morgan fingerprint density at radius 1 is 0.900 bits per heavy atom. The minimum Gasteiger partial charge on any atom is -0.316 e. The highest BCUT2D eigenvalue weighted by molar-refractivity contribution is 5.81. The molecule has 2 aliphatic heterocycles. The van der Waals surface area contributed by atoms with Crippen molar-refractivity contribution in [2.45, 2.75) is 24.7 Å². The van der Waals surface area contributed by atoms with Gasteiger partial charge in [0.2, 0.25) is 0 Å². The summed E-state index contributed by atoms with van der Waals surface area (Å²) in [4.78, 5) is 9.79. The molecule has 0 radical (unpaired) electrons. The van der Waals surface area contributed by atoms with Crippen molar-refractivity contribution in [1.29, 1.82) is 0 Å². The van der Waals surface area contributed by atoms with Crippen LogP contribution in [0.25, 0.3) is 10.9 Å². The van der Waals surface area contributed by atoms with Gasteiger partial charge < -0.3 is 10.6 Å². The fourth-order valence-electron chi connectivity index (χ4n) is 3.38. The van der Waals surface area contributed by atoms with E-state index in [-0.39, 0.29) is 0 Å². The van der Waals surface area contributed by atoms with Crippen molar-refractivity contribution < 1.29 is 0 Å². The number of hydrogen-bond donors (Lipinski definition) is 2. The maximum atomic E-state index is 4.97. The molecule has 4 rings (SSSR count). The van der Waals surface area contributed by atoms with E-state index in [4.69, 9.17) is 9.97 Å². The number of nitrogens with one attached hydrogen (secondary N) is 2. The second-order valence-electron chi connectivity index (χ2n) is 5.86. The minimum atomic E-state index is 0.479. The second-order valence-corrected chi connectivity index (χ2v) is 5.86. The van der Waals surface area contributed by atoms with Gasteiger partial charge in [-0.05, 0) is 32.0 Å². The Labute approximate surface area is 119 Å². The fourth-order valence-corrected chi connectivity index (χ4v) is 3.38. The standard InChI is InChI=1S/C16H20N4/c1-2-4-14-13(3-1)15(11-5-7-17-9-11)20-16(19-14)12-6-8-18-10-12/h1-4,11-12,17-18H,5-10H2. The quantitative estimate of drug-likeness (QED) is 0.872. The molecular formula is C16H20N4. The van der Waals surface area contributed by atoms with Gasteiger partial charge >= 0.3 is 0 Å². The SMILES string of the molecule is c1ccc2c(C3CCNC3)nc(C3CCNC3)nc2c1. The molecule has 2 fully saturated rings. The maximum Gasteiger partial charge on any atom is 0.133 e. The highest BCUT2D eigenvalue weighted by Crippen LogP contribution is 2.29. The molecule has 0 saturated carbocycles. The third kappa shape index (κ3) is 2.09. The Morgan fingerprint density at radius 3 is 2.40 bits per heavy atom. The molecule has 2 N–H and O–H groups in total. The van der Waals surface area contributed by atoms with Gasteiger partial charge in [-0.2, -0.15) is 0 Å². The van der Waals surface area contributed by atoms with Crippen LogP contribution in [0.5, 0.6) is 0 Å². The van der Waals surface area contributed by atoms with E-state index in [0.29, 0.717) is 11.8 Å². The number of fused-ring (bicyclic) bond motifs is 1. The predicted molar refractivity (Wildman–Crippen MR) is 80.0 cm³/mol. The summed E-state index contributed by atoms with van der Waals surface area (Å²) < 4.78 is 0. The lowest BCUT2D eigenvalue weighted by molar-refractivity contribution is 0.674. The summed E-state index contributed by atoms with van der Waals surface area (Å²) in [5, 5.41) is 8.10. The first kappa shape index (κ1) is 12.2. The molecule has 0 spiro atoms. The van der Waals surface area contributed by atoms with Gasteiger partial charge in [0.05, 0.1) is 11.2 Å². The summed E-state index contributed by atoms with van der Waals surface area (Å²) in [7, 11) is 0. The molecular weight excluding hydrogens is 248 g/mol. The zero-order valence-electron chi connectivity index (χ0n) is 11.6. The first-order valence-corrected chi connectivity index (χ1v) is 7.60. The molecule has 2 atom stereocenters. The zero-order valence-corrected chi connectivity index (χ0v) is 11.6. The summed E-state index contributed by atoms with van der Waals surface area (Å²) in [6.07, 6.45) is 2.34. The fraction of sp³-hybridized carbons (Fsp3) is 0.500. The van der Waals surface area contributed by atoms with Crippen LogP contribution < -0.4 is 10.6 Å². The van der Waals surface area contributed by atoms with Gasteiger partial charge in [-0.1, -0.05) is 18.2 Å². The van der Waals surface area contributed by atoms with Crippen LogP contribution in [-0.2, 0) is 0 Å². The molecule has 2 saturated heterocycles. The van der Waals surface area contributed by atoms with Gasteiger partial charge in [0, 0.05) is 30.3 Å². The van der Waals surface area contributed by atoms with E-state index in [1.165, 1.54) is 17.5 Å². The minimum absolute atomic E-state index is 0.479. The Hall–Kier alpha value is -1.52. The lowest BCUT2D eigenvalue weighted by Crippen LogP contribution is -2.14. The van der Waals surface area contributed by atoms with Crippen LogP contribution in [0.1, 0.15) is 36.2 Å². The first-order valence-electron chi connectivity index (χ1n) is 7.60. The molecule has 0 amide bonds. The summed E-state index contributed by atoms with van der Waals surface area (Å²) in [5.74, 6) is 2.05. The number of para-hydroxylation sites is 1. The van der Waals surface area contributed by atoms with E-state index in [9.17, 15) is 0 Å². The third-order valence-electron chi connectivity index (χ3n) is 4.52. The monoisotopic (exact) mass is 268 g/mol. The van der Waals surface area contributed by atoms with Crippen molar-refractivity contribution in [1.82, 2.24) is 20.6 Å². The number of hydrogen-bond acceptors (Lipinski definition) is 4. The van der Waals surface area contributed by atoms with Crippen molar-refractivity contribution in [2.75, 3.05) is 26.2 Å². The van der Waals surface area contributed by atoms with Crippen LogP contribution in [0.2, 0.25) is 0 Å². The van der Waals surface area contributed by atoms with E-state index >= 15 is 0 Å². The number of rotatable bonds is 2. The summed E-state index contributed by atoms with van der Waals surface area (Å²) >= 11 is 0. The highest BCUT2D eigenvalue weighted by atomic mass is 15.0. The van der Waals surface area contributed by atoms with Gasteiger partial charge in [0.1, 0.15) is 5.82 Å². The molecule has 2 aromatic rings. The lowest BCUT2D eigenvalue weighted by atomic mass is 9.99. The van der Waals surface area contributed by atoms with E-state index < -0.39 is 0 Å². The average Bonchev–Trinajstić information content (AvgIpc) is 3.19. The van der Waals surface area contributed by atoms with Crippen LogP contribution in [0.4, 0.5) is 0 Å². The Kier molecular flexibility index (Phi) is 3.13. The molecule has 2 aliphatic rings. The number of benzene rings is 1. The average molecular weight is 268 g/mol. The van der Waals surface area contributed by atoms with E-state index in [0.717, 1.165) is 43.9 Å². The predicted octanol–water partition coefficient (Wildman–Crippen LogP) is 1.78. The molecule has 20 heavy (non-hydrogen) atoms. The molecule has 3 heterocycles. The van der Waals surface area contributed by atoms with Crippen LogP contribution in [0.3, 0.4) is 0 Å². The lowest BCUT2D eigenvalue weighted by Gasteiger charge is -2.15. The van der Waals surface area contributed by atoms with E-state index in [2.05, 4.69) is 34.9 Å². The number of aromatic nitrogens is 2.